The first-order valence-corrected chi connectivity index (χ1v) is 14.2. The maximum Gasteiger partial charge on any atom is 0.416 e. The van der Waals surface area contributed by atoms with E-state index in [0.29, 0.717) is 43.5 Å². The zero-order valence-corrected chi connectivity index (χ0v) is 22.8. The maximum atomic E-state index is 12.9. The standard InChI is InChI=1S/C32H34F3N3O3/c33-32(34,35)27-3-1-2-25(19-27)28(39)5-7-30(40)38-17-12-23(21-38)18-22-8-13-31(41,14-9-22)29-6-4-26(20-37-29)24-10-15-36-16-11-24/h1-4,6,10-11,15-16,19-20,22-23,41H,5,7-9,12-14,17-18,21H2/t22?,23-,31?/m1/s1. The summed E-state index contributed by atoms with van der Waals surface area (Å²) >= 11 is 0. The predicted molar refractivity (Wildman–Crippen MR) is 148 cm³/mol. The van der Waals surface area contributed by atoms with Crippen molar-refractivity contribution >= 4 is 11.7 Å². The number of hydrogen-bond acceptors (Lipinski definition) is 5. The second kappa shape index (κ2) is 12.1. The molecule has 0 spiro atoms. The third-order valence-electron chi connectivity index (χ3n) is 8.57. The molecule has 0 unspecified atom stereocenters. The zero-order valence-electron chi connectivity index (χ0n) is 22.8. The van der Waals surface area contributed by atoms with E-state index in [0.717, 1.165) is 48.9 Å². The number of amides is 1. The highest BCUT2D eigenvalue weighted by Crippen LogP contribution is 2.42. The van der Waals surface area contributed by atoms with E-state index in [-0.39, 0.29) is 24.3 Å². The minimum Gasteiger partial charge on any atom is -0.384 e. The van der Waals surface area contributed by atoms with Gasteiger partial charge in [0.25, 0.3) is 0 Å². The molecular formula is C32H34F3N3O3. The van der Waals surface area contributed by atoms with Crippen LogP contribution in [0.15, 0.2) is 67.1 Å². The fourth-order valence-corrected chi connectivity index (χ4v) is 6.15. The van der Waals surface area contributed by atoms with E-state index >= 15 is 0 Å². The Morgan fingerprint density at radius 2 is 1.71 bits per heavy atom. The van der Waals surface area contributed by atoms with Crippen molar-refractivity contribution in [1.82, 2.24) is 14.9 Å². The fourth-order valence-electron chi connectivity index (χ4n) is 6.15. The second-order valence-corrected chi connectivity index (χ2v) is 11.4. The quantitative estimate of drug-likeness (QED) is 0.318. The van der Waals surface area contributed by atoms with Gasteiger partial charge in [0.15, 0.2) is 5.78 Å². The number of carbonyl (C=O) groups is 2. The van der Waals surface area contributed by atoms with Crippen molar-refractivity contribution in [2.24, 2.45) is 11.8 Å². The van der Waals surface area contributed by atoms with E-state index < -0.39 is 23.1 Å². The molecular weight excluding hydrogens is 531 g/mol. The van der Waals surface area contributed by atoms with Crippen molar-refractivity contribution in [3.63, 3.8) is 0 Å². The Bertz CT molecular complexity index is 1350. The van der Waals surface area contributed by atoms with Crippen LogP contribution >= 0.6 is 0 Å². The SMILES string of the molecule is O=C(CCC(=O)N1CC[C@H](CC2CCC(O)(c3ccc(-c4ccncc4)cn3)CC2)C1)c1cccc(C(F)(F)F)c1. The van der Waals surface area contributed by atoms with Crippen LogP contribution in [-0.2, 0) is 16.6 Å². The van der Waals surface area contributed by atoms with Gasteiger partial charge in [0.1, 0.15) is 5.60 Å². The topological polar surface area (TPSA) is 83.4 Å². The first kappa shape index (κ1) is 28.9. The van der Waals surface area contributed by atoms with E-state index in [9.17, 15) is 27.9 Å². The normalized spacial score (nSPS) is 23.0. The van der Waals surface area contributed by atoms with Gasteiger partial charge in [-0.2, -0.15) is 13.2 Å². The van der Waals surface area contributed by atoms with Crippen molar-refractivity contribution in [3.05, 3.63) is 83.9 Å². The van der Waals surface area contributed by atoms with Gasteiger partial charge in [-0.15, -0.1) is 0 Å². The monoisotopic (exact) mass is 565 g/mol. The molecule has 3 heterocycles. The van der Waals surface area contributed by atoms with Gasteiger partial charge in [0, 0.05) is 55.6 Å². The second-order valence-electron chi connectivity index (χ2n) is 11.4. The predicted octanol–water partition coefficient (Wildman–Crippen LogP) is 6.44. The average molecular weight is 566 g/mol. The van der Waals surface area contributed by atoms with Gasteiger partial charge >= 0.3 is 6.18 Å². The van der Waals surface area contributed by atoms with Crippen LogP contribution in [0.25, 0.3) is 11.1 Å². The summed E-state index contributed by atoms with van der Waals surface area (Å²) in [5.41, 5.74) is 0.885. The molecule has 1 saturated carbocycles. The smallest absolute Gasteiger partial charge is 0.384 e. The highest BCUT2D eigenvalue weighted by Gasteiger charge is 2.38. The molecule has 2 fully saturated rings. The lowest BCUT2D eigenvalue weighted by Crippen LogP contribution is -2.33. The number of carbonyl (C=O) groups excluding carboxylic acids is 2. The number of hydrogen-bond donors (Lipinski definition) is 1. The number of benzene rings is 1. The van der Waals surface area contributed by atoms with Gasteiger partial charge in [-0.05, 0) is 86.3 Å². The van der Waals surface area contributed by atoms with Crippen LogP contribution in [0.2, 0.25) is 0 Å². The first-order valence-electron chi connectivity index (χ1n) is 14.2. The van der Waals surface area contributed by atoms with Crippen molar-refractivity contribution in [3.8, 4) is 11.1 Å². The van der Waals surface area contributed by atoms with Crippen molar-refractivity contribution in [1.29, 1.82) is 0 Å². The number of halogens is 3. The summed E-state index contributed by atoms with van der Waals surface area (Å²) in [4.78, 5) is 35.6. The molecule has 6 nitrogen and oxygen atoms in total. The Hall–Kier alpha value is -3.59. The molecule has 41 heavy (non-hydrogen) atoms. The van der Waals surface area contributed by atoms with Crippen LogP contribution in [0.3, 0.4) is 0 Å². The molecule has 9 heteroatoms. The molecule has 1 N–H and O–H groups in total. The van der Waals surface area contributed by atoms with Crippen molar-refractivity contribution in [2.45, 2.75) is 63.1 Å². The molecule has 0 radical (unpaired) electrons. The third-order valence-corrected chi connectivity index (χ3v) is 8.57. The van der Waals surface area contributed by atoms with Gasteiger partial charge in [-0.3, -0.25) is 19.6 Å². The van der Waals surface area contributed by atoms with E-state index in [2.05, 4.69) is 9.97 Å². The summed E-state index contributed by atoms with van der Waals surface area (Å²) in [5, 5.41) is 11.3. The Morgan fingerprint density at radius 1 is 0.951 bits per heavy atom. The number of likely N-dealkylation sites (tertiary alicyclic amines) is 1. The molecule has 1 aliphatic carbocycles. The van der Waals surface area contributed by atoms with Crippen LogP contribution in [0.5, 0.6) is 0 Å². The van der Waals surface area contributed by atoms with E-state index in [1.54, 1.807) is 23.5 Å². The number of nitrogens with zero attached hydrogens (tertiary/aromatic N) is 3. The van der Waals surface area contributed by atoms with E-state index in [4.69, 9.17) is 0 Å². The maximum absolute atomic E-state index is 12.9. The van der Waals surface area contributed by atoms with Gasteiger partial charge in [-0.1, -0.05) is 18.2 Å². The lowest BCUT2D eigenvalue weighted by molar-refractivity contribution is -0.137. The Morgan fingerprint density at radius 3 is 2.39 bits per heavy atom. The molecule has 1 amide bonds. The van der Waals surface area contributed by atoms with Gasteiger partial charge in [0.05, 0.1) is 11.3 Å². The van der Waals surface area contributed by atoms with Crippen LogP contribution in [0.1, 0.15) is 73.0 Å². The van der Waals surface area contributed by atoms with Gasteiger partial charge in [0.2, 0.25) is 5.91 Å². The molecule has 1 aromatic carbocycles. The summed E-state index contributed by atoms with van der Waals surface area (Å²) in [6.45, 7) is 1.26. The summed E-state index contributed by atoms with van der Waals surface area (Å²) in [6, 6.07) is 12.1. The lowest BCUT2D eigenvalue weighted by atomic mass is 9.74. The van der Waals surface area contributed by atoms with Crippen molar-refractivity contribution < 1.29 is 27.9 Å². The number of Topliss-reactive ketones (excluding diaryl/α,β-unsaturated/α-hetero) is 1. The molecule has 5 rings (SSSR count). The van der Waals surface area contributed by atoms with Crippen LogP contribution in [0, 0.1) is 11.8 Å². The summed E-state index contributed by atoms with van der Waals surface area (Å²) in [5.74, 6) is 0.240. The van der Waals surface area contributed by atoms with Crippen LogP contribution in [-0.4, -0.2) is 44.8 Å². The molecule has 2 aromatic heterocycles. The Balaban J connectivity index is 1.06. The average Bonchev–Trinajstić information content (AvgIpc) is 3.46. The highest BCUT2D eigenvalue weighted by atomic mass is 19.4. The van der Waals surface area contributed by atoms with Crippen molar-refractivity contribution in [2.75, 3.05) is 13.1 Å². The number of pyridine rings is 2. The Kier molecular flexibility index (Phi) is 8.54. The summed E-state index contributed by atoms with van der Waals surface area (Å²) in [6.07, 6.45) is 5.59. The molecule has 1 atom stereocenters. The molecule has 1 aliphatic heterocycles. The largest absolute Gasteiger partial charge is 0.416 e. The fraction of sp³-hybridized carbons (Fsp3) is 0.438. The molecule has 2 aliphatic rings. The van der Waals surface area contributed by atoms with Crippen LogP contribution < -0.4 is 0 Å². The van der Waals surface area contributed by atoms with E-state index in [1.165, 1.54) is 12.1 Å². The first-order chi connectivity index (χ1) is 19.6. The number of rotatable bonds is 8. The number of aromatic nitrogens is 2. The third kappa shape index (κ3) is 7.01. The summed E-state index contributed by atoms with van der Waals surface area (Å²) in [7, 11) is 0. The number of aliphatic hydroxyl groups is 1. The highest BCUT2D eigenvalue weighted by molar-refractivity contribution is 5.98. The van der Waals surface area contributed by atoms with Gasteiger partial charge < -0.3 is 10.0 Å². The number of alkyl halides is 3. The Labute approximate surface area is 237 Å². The zero-order chi connectivity index (χ0) is 29.0. The molecule has 3 aromatic rings. The minimum absolute atomic E-state index is 0.00872. The molecule has 1 saturated heterocycles. The molecule has 216 valence electrons. The summed E-state index contributed by atoms with van der Waals surface area (Å²) < 4.78 is 38.8. The van der Waals surface area contributed by atoms with Gasteiger partial charge in [-0.25, -0.2) is 0 Å². The van der Waals surface area contributed by atoms with Crippen LogP contribution in [0.4, 0.5) is 13.2 Å². The lowest BCUT2D eigenvalue weighted by Gasteiger charge is -2.36. The van der Waals surface area contributed by atoms with E-state index in [1.807, 2.05) is 24.3 Å². The molecule has 0 bridgehead atoms. The minimum atomic E-state index is -4.52. The number of ketones is 1.